The lowest BCUT2D eigenvalue weighted by Gasteiger charge is -2.10. The Kier molecular flexibility index (Phi) is 4.35. The first-order valence-corrected chi connectivity index (χ1v) is 7.62. The van der Waals surface area contributed by atoms with Gasteiger partial charge in [0, 0.05) is 27.7 Å². The minimum Gasteiger partial charge on any atom is -0.370 e. The van der Waals surface area contributed by atoms with Crippen LogP contribution in [-0.2, 0) is 0 Å². The van der Waals surface area contributed by atoms with E-state index in [1.54, 1.807) is 11.3 Å². The zero-order chi connectivity index (χ0) is 13.1. The van der Waals surface area contributed by atoms with Crippen molar-refractivity contribution in [3.05, 3.63) is 27.2 Å². The first-order valence-electron chi connectivity index (χ1n) is 5.95. The maximum absolute atomic E-state index is 4.62. The monoisotopic (exact) mass is 325 g/mol. The first kappa shape index (κ1) is 13.5. The van der Waals surface area contributed by atoms with Crippen molar-refractivity contribution in [2.45, 2.75) is 27.2 Å². The highest BCUT2D eigenvalue weighted by atomic mass is 79.9. The summed E-state index contributed by atoms with van der Waals surface area (Å²) in [6, 6.07) is 2.05. The molecule has 0 fully saturated rings. The third kappa shape index (κ3) is 2.90. The number of nitrogens with zero attached hydrogens (tertiary/aromatic N) is 2. The zero-order valence-electron chi connectivity index (χ0n) is 10.7. The van der Waals surface area contributed by atoms with E-state index in [2.05, 4.69) is 51.1 Å². The molecule has 2 heterocycles. The van der Waals surface area contributed by atoms with Gasteiger partial charge in [0.2, 0.25) is 0 Å². The van der Waals surface area contributed by atoms with Gasteiger partial charge in [-0.05, 0) is 42.3 Å². The summed E-state index contributed by atoms with van der Waals surface area (Å²) in [7, 11) is 0. The van der Waals surface area contributed by atoms with E-state index >= 15 is 0 Å². The van der Waals surface area contributed by atoms with Crippen LogP contribution in [0.15, 0.2) is 15.9 Å². The molecule has 1 N–H and O–H groups in total. The van der Waals surface area contributed by atoms with Crippen molar-refractivity contribution in [2.24, 2.45) is 0 Å². The molecule has 0 aliphatic heterocycles. The van der Waals surface area contributed by atoms with Gasteiger partial charge in [0.1, 0.15) is 5.82 Å². The van der Waals surface area contributed by atoms with Crippen molar-refractivity contribution < 1.29 is 0 Å². The topological polar surface area (TPSA) is 37.8 Å². The molecule has 0 saturated carbocycles. The van der Waals surface area contributed by atoms with Crippen LogP contribution in [-0.4, -0.2) is 16.5 Å². The molecule has 0 radical (unpaired) electrons. The lowest BCUT2D eigenvalue weighted by atomic mass is 10.2. The van der Waals surface area contributed by atoms with Gasteiger partial charge in [-0.15, -0.1) is 11.3 Å². The molecule has 0 atom stereocenters. The lowest BCUT2D eigenvalue weighted by Crippen LogP contribution is -2.07. The van der Waals surface area contributed by atoms with Gasteiger partial charge in [-0.1, -0.05) is 6.92 Å². The van der Waals surface area contributed by atoms with E-state index in [1.165, 1.54) is 0 Å². The molecule has 0 aliphatic carbocycles. The fraction of sp³-hybridized carbons (Fsp3) is 0.385. The van der Waals surface area contributed by atoms with E-state index in [0.717, 1.165) is 45.2 Å². The second-order valence-corrected chi connectivity index (χ2v) is 5.99. The van der Waals surface area contributed by atoms with E-state index in [4.69, 9.17) is 0 Å². The zero-order valence-corrected chi connectivity index (χ0v) is 13.2. The Hall–Kier alpha value is -0.940. The Morgan fingerprint density at radius 1 is 1.33 bits per heavy atom. The molecule has 2 rings (SSSR count). The van der Waals surface area contributed by atoms with Crippen LogP contribution in [0, 0.1) is 13.8 Å². The standard InChI is InChI=1S/C13H16BrN3S/c1-4-5-15-12-8(2)9(3)16-13(17-12)11-6-10(14)7-18-11/h6-7H,4-5H2,1-3H3,(H,15,16,17). The number of hydrogen-bond acceptors (Lipinski definition) is 4. The summed E-state index contributed by atoms with van der Waals surface area (Å²) in [5.41, 5.74) is 2.16. The van der Waals surface area contributed by atoms with Crippen molar-refractivity contribution in [1.29, 1.82) is 0 Å². The SMILES string of the molecule is CCCNc1nc(-c2cc(Br)cs2)nc(C)c1C. The van der Waals surface area contributed by atoms with Crippen LogP contribution in [0.3, 0.4) is 0 Å². The summed E-state index contributed by atoms with van der Waals surface area (Å²) >= 11 is 5.11. The molecule has 2 aromatic rings. The molecule has 0 saturated heterocycles. The third-order valence-electron chi connectivity index (χ3n) is 2.72. The average Bonchev–Trinajstić information content (AvgIpc) is 2.77. The summed E-state index contributed by atoms with van der Waals surface area (Å²) in [5.74, 6) is 1.75. The van der Waals surface area contributed by atoms with Crippen molar-refractivity contribution in [3.8, 4) is 10.7 Å². The number of aromatic nitrogens is 2. The summed E-state index contributed by atoms with van der Waals surface area (Å²) in [6.07, 6.45) is 1.09. The molecule has 0 aliphatic rings. The number of aryl methyl sites for hydroxylation is 1. The predicted molar refractivity (Wildman–Crippen MR) is 81.3 cm³/mol. The second kappa shape index (κ2) is 5.80. The predicted octanol–water partition coefficient (Wildman–Crippen LogP) is 4.41. The summed E-state index contributed by atoms with van der Waals surface area (Å²) < 4.78 is 1.08. The van der Waals surface area contributed by atoms with E-state index in [-0.39, 0.29) is 0 Å². The van der Waals surface area contributed by atoms with Crippen molar-refractivity contribution in [1.82, 2.24) is 9.97 Å². The van der Waals surface area contributed by atoms with E-state index in [9.17, 15) is 0 Å². The van der Waals surface area contributed by atoms with Crippen molar-refractivity contribution in [3.63, 3.8) is 0 Å². The first-order chi connectivity index (χ1) is 8.61. The Bertz CT molecular complexity index is 551. The van der Waals surface area contributed by atoms with Crippen LogP contribution in [0.2, 0.25) is 0 Å². The van der Waals surface area contributed by atoms with E-state index in [1.807, 2.05) is 12.3 Å². The Morgan fingerprint density at radius 3 is 2.72 bits per heavy atom. The molecular weight excluding hydrogens is 310 g/mol. The quantitative estimate of drug-likeness (QED) is 0.904. The third-order valence-corrected chi connectivity index (χ3v) is 4.41. The fourth-order valence-electron chi connectivity index (χ4n) is 1.58. The van der Waals surface area contributed by atoms with Crippen LogP contribution < -0.4 is 5.32 Å². The van der Waals surface area contributed by atoms with Gasteiger partial charge in [0.05, 0.1) is 4.88 Å². The molecule has 0 spiro atoms. The molecule has 18 heavy (non-hydrogen) atoms. The summed E-state index contributed by atoms with van der Waals surface area (Å²) in [4.78, 5) is 10.3. The highest BCUT2D eigenvalue weighted by Crippen LogP contribution is 2.29. The minimum atomic E-state index is 0.799. The molecule has 0 amide bonds. The van der Waals surface area contributed by atoms with Crippen molar-refractivity contribution >= 4 is 33.1 Å². The number of anilines is 1. The van der Waals surface area contributed by atoms with Crippen LogP contribution in [0.1, 0.15) is 24.6 Å². The molecule has 2 aromatic heterocycles. The average molecular weight is 326 g/mol. The normalized spacial score (nSPS) is 10.7. The molecule has 3 nitrogen and oxygen atoms in total. The lowest BCUT2D eigenvalue weighted by molar-refractivity contribution is 0.955. The smallest absolute Gasteiger partial charge is 0.171 e. The molecule has 0 unspecified atom stereocenters. The summed E-state index contributed by atoms with van der Waals surface area (Å²) in [6.45, 7) is 7.17. The van der Waals surface area contributed by atoms with Gasteiger partial charge in [-0.3, -0.25) is 0 Å². The molecule has 96 valence electrons. The summed E-state index contributed by atoms with van der Waals surface area (Å²) in [5, 5.41) is 5.41. The van der Waals surface area contributed by atoms with Gasteiger partial charge in [0.15, 0.2) is 5.82 Å². The largest absolute Gasteiger partial charge is 0.370 e. The van der Waals surface area contributed by atoms with Crippen LogP contribution >= 0.6 is 27.3 Å². The van der Waals surface area contributed by atoms with Crippen LogP contribution in [0.4, 0.5) is 5.82 Å². The van der Waals surface area contributed by atoms with Gasteiger partial charge < -0.3 is 5.32 Å². The number of nitrogens with one attached hydrogen (secondary N) is 1. The molecular formula is C13H16BrN3S. The fourth-order valence-corrected chi connectivity index (χ4v) is 2.94. The Morgan fingerprint density at radius 2 is 2.11 bits per heavy atom. The minimum absolute atomic E-state index is 0.799. The maximum Gasteiger partial charge on any atom is 0.171 e. The van der Waals surface area contributed by atoms with E-state index < -0.39 is 0 Å². The van der Waals surface area contributed by atoms with Crippen LogP contribution in [0.25, 0.3) is 10.7 Å². The highest BCUT2D eigenvalue weighted by Gasteiger charge is 2.10. The van der Waals surface area contributed by atoms with Gasteiger partial charge in [-0.25, -0.2) is 9.97 Å². The molecule has 0 bridgehead atoms. The maximum atomic E-state index is 4.62. The van der Waals surface area contributed by atoms with E-state index in [0.29, 0.717) is 0 Å². The number of thiophene rings is 1. The van der Waals surface area contributed by atoms with Crippen LogP contribution in [0.5, 0.6) is 0 Å². The van der Waals surface area contributed by atoms with Gasteiger partial charge in [-0.2, -0.15) is 0 Å². The Balaban J connectivity index is 2.40. The van der Waals surface area contributed by atoms with Crippen molar-refractivity contribution in [2.75, 3.05) is 11.9 Å². The Labute approximate surface area is 120 Å². The number of rotatable bonds is 4. The van der Waals surface area contributed by atoms with Gasteiger partial charge in [0.25, 0.3) is 0 Å². The second-order valence-electron chi connectivity index (χ2n) is 4.16. The number of hydrogen-bond donors (Lipinski definition) is 1. The molecule has 5 heteroatoms. The van der Waals surface area contributed by atoms with Gasteiger partial charge >= 0.3 is 0 Å². The molecule has 0 aromatic carbocycles. The highest BCUT2D eigenvalue weighted by molar-refractivity contribution is 9.10. The number of halogens is 1.